The van der Waals surface area contributed by atoms with Crippen molar-refractivity contribution in [2.45, 2.75) is 294 Å². The smallest absolute Gasteiger partial charge is 0.407 e. The molecule has 0 saturated heterocycles. The monoisotopic (exact) mass is 1710 g/mol. The van der Waals surface area contributed by atoms with Crippen LogP contribution in [-0.2, 0) is 33.8 Å². The summed E-state index contributed by atoms with van der Waals surface area (Å²) in [6.07, 6.45) is 10.3. The second kappa shape index (κ2) is 36.2. The van der Waals surface area contributed by atoms with Crippen LogP contribution in [0.25, 0.3) is 6.08 Å². The average Bonchev–Trinajstić information content (AvgIpc) is 1.61. The van der Waals surface area contributed by atoms with Gasteiger partial charge in [-0.3, -0.25) is 33.6 Å². The lowest BCUT2D eigenvalue weighted by atomic mass is 9.81. The summed E-state index contributed by atoms with van der Waals surface area (Å²) in [6, 6.07) is 10.7. The molecule has 6 aromatic rings. The van der Waals surface area contributed by atoms with E-state index in [-0.39, 0.29) is 95.1 Å². The predicted molar refractivity (Wildman–Crippen MR) is 454 cm³/mol. The molecule has 3 saturated carbocycles. The molecule has 3 aromatic heterocycles. The molecule has 12 rings (SSSR count). The maximum absolute atomic E-state index is 13.3. The van der Waals surface area contributed by atoms with Crippen LogP contribution in [0.15, 0.2) is 61.8 Å². The highest BCUT2D eigenvalue weighted by Gasteiger charge is 2.51. The van der Waals surface area contributed by atoms with E-state index in [0.717, 1.165) is 111 Å². The van der Waals surface area contributed by atoms with E-state index in [1.165, 1.54) is 6.07 Å². The van der Waals surface area contributed by atoms with Gasteiger partial charge in [-0.2, -0.15) is 0 Å². The van der Waals surface area contributed by atoms with Gasteiger partial charge >= 0.3 is 18.3 Å². The lowest BCUT2D eigenvalue weighted by Crippen LogP contribution is -2.48. The van der Waals surface area contributed by atoms with Crippen molar-refractivity contribution in [3.63, 3.8) is 0 Å². The Hall–Kier alpha value is -10.6. The molecule has 28 nitrogen and oxygen atoms in total. The molecular formula is C90H118BrN9O19. The number of aromatic nitrogens is 3. The average molecular weight is 1710 g/mol. The van der Waals surface area contributed by atoms with Gasteiger partial charge in [0.15, 0.2) is 40.8 Å². The van der Waals surface area contributed by atoms with Gasteiger partial charge in [-0.15, -0.1) is 0 Å². The number of ether oxygens (including phenoxy) is 9. The van der Waals surface area contributed by atoms with Gasteiger partial charge in [0.25, 0.3) is 51.8 Å². The van der Waals surface area contributed by atoms with Gasteiger partial charge in [0.1, 0.15) is 16.8 Å². The number of alkyl carbamates (subject to hydrolysis) is 3. The van der Waals surface area contributed by atoms with Crippen molar-refractivity contribution in [3.05, 3.63) is 173 Å². The van der Waals surface area contributed by atoms with E-state index < -0.39 is 58.4 Å². The number of aromatic amines is 3. The van der Waals surface area contributed by atoms with Crippen molar-refractivity contribution in [3.8, 4) is 34.5 Å². The summed E-state index contributed by atoms with van der Waals surface area (Å²) >= 11 is 3.56. The lowest BCUT2D eigenvalue weighted by Gasteiger charge is -2.37. The number of nitrogens with one attached hydrogen (secondary N) is 9. The summed E-state index contributed by atoms with van der Waals surface area (Å²) in [5.74, 6) is -0.768. The Labute approximate surface area is 703 Å². The number of carbonyl (C=O) groups excluding carboxylic acids is 7. The molecule has 6 amide bonds. The van der Waals surface area contributed by atoms with Gasteiger partial charge in [0.2, 0.25) is 0 Å². The Morgan fingerprint density at radius 1 is 0.420 bits per heavy atom. The van der Waals surface area contributed by atoms with Gasteiger partial charge in [-0.25, -0.2) is 14.4 Å². The van der Waals surface area contributed by atoms with E-state index in [0.29, 0.717) is 95.3 Å². The first-order valence-corrected chi connectivity index (χ1v) is 41.7. The van der Waals surface area contributed by atoms with Crippen molar-refractivity contribution >= 4 is 64.3 Å². The molecular weight excluding hydrogens is 1590 g/mol. The van der Waals surface area contributed by atoms with Gasteiger partial charge in [-0.05, 0) is 271 Å². The first-order valence-electron chi connectivity index (χ1n) is 40.9. The number of hydrogen-bond acceptors (Lipinski definition) is 19. The minimum absolute atomic E-state index is 0.00371. The molecule has 0 radical (unpaired) electrons. The van der Waals surface area contributed by atoms with Crippen LogP contribution in [0, 0.1) is 80.1 Å². The van der Waals surface area contributed by atoms with Gasteiger partial charge in [0.05, 0.1) is 10.0 Å². The number of rotatable bonds is 17. The molecule has 3 unspecified atom stereocenters. The molecule has 3 aliphatic carbocycles. The standard InChI is InChI=1S/C31H41N3O6.C30H39N3O7.C29H38BrN3O6/c1-9-20-15-23(27(35)32-16-24-17(2)14-18(3)33-28(24)36)19(4)25-26(20)39-31(8,38-25)21-10-12-22(13-11-21)34-29(37)40-30(5,6)7;1-16-12-17(2)32-27(36)23(16)14-31-26(35)22-13-19(15-34)25-24(18(22)3)38-30(7,39-25)20-8-10-21(11-9-20)33-28(37)40-29(4,5)6;1-15-12-16(2)32-26(35)21(15)14-31-25(34)20-13-22(30)24-23(17(20)3)37-29(7,38-24)18-8-10-19(11-9-18)33-27(36)39-28(4,5)6/h9,14-15,21-22H,1,10-13,16H2,2-8H3,(H,32,35)(H,33,36)(H,34,37);12-13,15,20-21H,8-11,14H2,1-7H3,(H,31,35)(H,32,36)(H,33,37);12-13,18-19H,8-11,14H2,1-7H3,(H,31,34)(H,32,35)(H,33,36). The third-order valence-electron chi connectivity index (χ3n) is 22.7. The summed E-state index contributed by atoms with van der Waals surface area (Å²) in [4.78, 5) is 134. The minimum Gasteiger partial charge on any atom is -0.448 e. The summed E-state index contributed by atoms with van der Waals surface area (Å²) in [7, 11) is 0. The number of aryl methyl sites for hydroxylation is 6. The lowest BCUT2D eigenvalue weighted by molar-refractivity contribution is -0.121. The van der Waals surface area contributed by atoms with Crippen LogP contribution in [-0.4, -0.2) is 110 Å². The number of benzene rings is 3. The minimum atomic E-state index is -1.02. The third-order valence-corrected chi connectivity index (χ3v) is 23.3. The van der Waals surface area contributed by atoms with E-state index in [1.54, 1.807) is 32.1 Å². The molecule has 3 atom stereocenters. The number of halogens is 1. The molecule has 0 spiro atoms. The van der Waals surface area contributed by atoms with Gasteiger partial charge in [-0.1, -0.05) is 12.7 Å². The number of carbonyl (C=O) groups is 7. The van der Waals surface area contributed by atoms with E-state index in [1.807, 2.05) is 150 Å². The number of pyridine rings is 3. The molecule has 6 aliphatic rings. The van der Waals surface area contributed by atoms with Crippen molar-refractivity contribution in [1.82, 2.24) is 46.9 Å². The molecule has 3 aromatic carbocycles. The fourth-order valence-corrected chi connectivity index (χ4v) is 16.9. The number of fused-ring (bicyclic) bond motifs is 3. The summed E-state index contributed by atoms with van der Waals surface area (Å²) in [6.45, 7) is 42.8. The first-order chi connectivity index (χ1) is 55.6. The van der Waals surface area contributed by atoms with Crippen molar-refractivity contribution < 1.29 is 76.2 Å². The molecule has 6 heterocycles. The number of amides is 6. The molecule has 3 fully saturated rings. The zero-order chi connectivity index (χ0) is 87.5. The fourth-order valence-electron chi connectivity index (χ4n) is 16.4. The molecule has 0 bridgehead atoms. The van der Waals surface area contributed by atoms with E-state index in [9.17, 15) is 47.9 Å². The van der Waals surface area contributed by atoms with E-state index >= 15 is 0 Å². The Kier molecular flexibility index (Phi) is 27.6. The largest absolute Gasteiger partial charge is 0.448 e. The molecule has 644 valence electrons. The topological polar surface area (TPSA) is 373 Å². The second-order valence-electron chi connectivity index (χ2n) is 35.7. The van der Waals surface area contributed by atoms with Gasteiger partial charge < -0.3 is 89.5 Å². The van der Waals surface area contributed by atoms with Crippen LogP contribution >= 0.6 is 15.9 Å². The Morgan fingerprint density at radius 3 is 0.958 bits per heavy atom. The van der Waals surface area contributed by atoms with Crippen LogP contribution in [0.1, 0.15) is 274 Å². The summed E-state index contributed by atoms with van der Waals surface area (Å²) in [5, 5.41) is 17.4. The van der Waals surface area contributed by atoms with Gasteiger partial charge in [0, 0.05) is 149 Å². The zero-order valence-electron chi connectivity index (χ0n) is 72.5. The normalized spacial score (nSPS) is 22.1. The van der Waals surface area contributed by atoms with Crippen LogP contribution in [0.3, 0.4) is 0 Å². The Morgan fingerprint density at radius 2 is 0.681 bits per heavy atom. The van der Waals surface area contributed by atoms with Crippen molar-refractivity contribution in [2.75, 3.05) is 0 Å². The first kappa shape index (κ1) is 90.7. The van der Waals surface area contributed by atoms with E-state index in [4.69, 9.17) is 42.6 Å². The molecule has 9 N–H and O–H groups in total. The maximum atomic E-state index is 13.3. The SMILES string of the molecule is C=Cc1cc(C(=O)NCc2c(C)cc(C)[nH]c2=O)c(C)c2c1OC(C)(C1CCC(NC(=O)OC(C)(C)C)CC1)O2.Cc1cc(C)c(CNC(=O)c2cc(Br)c3c(c2C)OC(C)(C2CCC(NC(=O)OC(C)(C)C)CC2)O3)c(=O)[nH]1.Cc1cc(C)c(CNC(=O)c2cc(C=O)c3c(c2C)OC(C)(C2CCC(NC(=O)OC(C)(C)C)CC2)O3)c(=O)[nH]1. The van der Waals surface area contributed by atoms with E-state index in [2.05, 4.69) is 69.4 Å². The quantitative estimate of drug-likeness (QED) is 0.0302. The third kappa shape index (κ3) is 21.9. The summed E-state index contributed by atoms with van der Waals surface area (Å²) < 4.78 is 55.2. The highest BCUT2D eigenvalue weighted by atomic mass is 79.9. The molecule has 119 heavy (non-hydrogen) atoms. The fraction of sp³-hybridized carbons (Fsp3) is 0.533. The van der Waals surface area contributed by atoms with Crippen LogP contribution in [0.2, 0.25) is 0 Å². The van der Waals surface area contributed by atoms with Crippen molar-refractivity contribution in [2.24, 2.45) is 17.8 Å². The highest BCUT2D eigenvalue weighted by Crippen LogP contribution is 2.54. The van der Waals surface area contributed by atoms with Crippen molar-refractivity contribution in [1.29, 1.82) is 0 Å². The molecule has 3 aliphatic heterocycles. The maximum Gasteiger partial charge on any atom is 0.407 e. The number of H-pyrrole nitrogens is 3. The predicted octanol–water partition coefficient (Wildman–Crippen LogP) is 15.6. The summed E-state index contributed by atoms with van der Waals surface area (Å²) in [5.41, 5.74) is 7.87. The number of aldehydes is 1. The highest BCUT2D eigenvalue weighted by molar-refractivity contribution is 9.10. The Balaban J connectivity index is 0.000000188. The van der Waals surface area contributed by atoms with Crippen LogP contribution < -0.4 is 77.0 Å². The zero-order valence-corrected chi connectivity index (χ0v) is 74.1. The van der Waals surface area contributed by atoms with Crippen LogP contribution in [0.4, 0.5) is 14.4 Å². The Bertz CT molecular complexity index is 4890. The van der Waals surface area contributed by atoms with Crippen LogP contribution in [0.5, 0.6) is 34.5 Å². The second-order valence-corrected chi connectivity index (χ2v) is 36.6. The molecule has 29 heteroatoms. The number of hydrogen-bond donors (Lipinski definition) is 9.